The minimum absolute atomic E-state index is 0.0280. The van der Waals surface area contributed by atoms with Crippen LogP contribution in [0.15, 0.2) is 0 Å². The van der Waals surface area contributed by atoms with E-state index in [0.717, 1.165) is 0 Å². The van der Waals surface area contributed by atoms with Crippen molar-refractivity contribution in [3.05, 3.63) is 0 Å². The van der Waals surface area contributed by atoms with Gasteiger partial charge in [-0.1, -0.05) is 12.8 Å². The molecule has 0 rings (SSSR count). The number of amides is 1. The predicted octanol–water partition coefficient (Wildman–Crippen LogP) is 0.579. The predicted molar refractivity (Wildman–Crippen MR) is 52.5 cm³/mol. The minimum Gasteiger partial charge on any atom is -0.481 e. The van der Waals surface area contributed by atoms with E-state index in [1.807, 2.05) is 0 Å². The molecule has 4 heteroatoms. The fraction of sp³-hybridized carbons (Fsp3) is 0.600. The number of carbonyl (C=O) groups excluding carboxylic acids is 1. The smallest absolute Gasteiger partial charge is 0.308 e. The quantitative estimate of drug-likeness (QED) is 0.656. The maximum Gasteiger partial charge on any atom is 0.308 e. The summed E-state index contributed by atoms with van der Waals surface area (Å²) >= 11 is 0. The molecule has 78 valence electrons. The van der Waals surface area contributed by atoms with Gasteiger partial charge in [0, 0.05) is 13.1 Å². The third kappa shape index (κ3) is 3.94. The van der Waals surface area contributed by atoms with E-state index >= 15 is 0 Å². The summed E-state index contributed by atoms with van der Waals surface area (Å²) in [5.74, 6) is 0.590. The third-order valence-corrected chi connectivity index (χ3v) is 1.90. The van der Waals surface area contributed by atoms with Crippen molar-refractivity contribution in [3.8, 4) is 12.3 Å². The zero-order valence-electron chi connectivity index (χ0n) is 8.49. The first-order valence-electron chi connectivity index (χ1n) is 4.47. The van der Waals surface area contributed by atoms with Crippen molar-refractivity contribution in [2.75, 3.05) is 13.1 Å². The van der Waals surface area contributed by atoms with Crippen LogP contribution in [0, 0.1) is 18.3 Å². The van der Waals surface area contributed by atoms with Crippen molar-refractivity contribution in [2.24, 2.45) is 5.92 Å². The van der Waals surface area contributed by atoms with E-state index in [0.29, 0.717) is 6.54 Å². The molecule has 1 N–H and O–H groups in total. The van der Waals surface area contributed by atoms with Crippen molar-refractivity contribution in [2.45, 2.75) is 20.3 Å². The van der Waals surface area contributed by atoms with Crippen LogP contribution >= 0.6 is 0 Å². The number of carboxylic acids is 1. The molecule has 4 nitrogen and oxygen atoms in total. The molecule has 0 saturated heterocycles. The number of terminal acetylenes is 1. The van der Waals surface area contributed by atoms with Crippen molar-refractivity contribution < 1.29 is 14.7 Å². The molecular weight excluding hydrogens is 182 g/mol. The van der Waals surface area contributed by atoms with Gasteiger partial charge in [-0.25, -0.2) is 0 Å². The first kappa shape index (κ1) is 12.5. The molecule has 0 aliphatic rings. The Morgan fingerprint density at radius 1 is 1.57 bits per heavy atom. The molecule has 0 aromatic heterocycles. The first-order valence-corrected chi connectivity index (χ1v) is 4.47. The van der Waals surface area contributed by atoms with Gasteiger partial charge in [-0.15, -0.1) is 6.42 Å². The Morgan fingerprint density at radius 3 is 2.50 bits per heavy atom. The molecule has 14 heavy (non-hydrogen) atoms. The first-order chi connectivity index (χ1) is 6.52. The van der Waals surface area contributed by atoms with Gasteiger partial charge < -0.3 is 10.0 Å². The van der Waals surface area contributed by atoms with Crippen molar-refractivity contribution in [1.29, 1.82) is 0 Å². The van der Waals surface area contributed by atoms with Crippen LogP contribution < -0.4 is 0 Å². The van der Waals surface area contributed by atoms with Gasteiger partial charge in [0.25, 0.3) is 0 Å². The van der Waals surface area contributed by atoms with E-state index in [-0.39, 0.29) is 18.9 Å². The lowest BCUT2D eigenvalue weighted by atomic mass is 10.1. The SMILES string of the molecule is C#CCC(=O)N(CC)CC(C)C(=O)O. The molecule has 0 aromatic rings. The normalized spacial score (nSPS) is 11.5. The van der Waals surface area contributed by atoms with E-state index in [2.05, 4.69) is 5.92 Å². The van der Waals surface area contributed by atoms with Gasteiger partial charge in [0.1, 0.15) is 0 Å². The molecule has 0 aliphatic carbocycles. The lowest BCUT2D eigenvalue weighted by Gasteiger charge is -2.21. The van der Waals surface area contributed by atoms with Crippen LogP contribution in [0.5, 0.6) is 0 Å². The second-order valence-corrected chi connectivity index (χ2v) is 3.05. The average molecular weight is 197 g/mol. The monoisotopic (exact) mass is 197 g/mol. The highest BCUT2D eigenvalue weighted by atomic mass is 16.4. The summed E-state index contributed by atoms with van der Waals surface area (Å²) < 4.78 is 0. The summed E-state index contributed by atoms with van der Waals surface area (Å²) in [5, 5.41) is 8.66. The fourth-order valence-electron chi connectivity index (χ4n) is 1.02. The molecule has 0 heterocycles. The van der Waals surface area contributed by atoms with Gasteiger partial charge in [0.15, 0.2) is 0 Å². The zero-order valence-corrected chi connectivity index (χ0v) is 8.49. The Balaban J connectivity index is 4.23. The van der Waals surface area contributed by atoms with Gasteiger partial charge in [-0.3, -0.25) is 9.59 Å². The standard InChI is InChI=1S/C10H15NO3/c1-4-6-9(12)11(5-2)7-8(3)10(13)14/h1,8H,5-7H2,2-3H3,(H,13,14). The molecule has 0 radical (unpaired) electrons. The number of aliphatic carboxylic acids is 1. The number of carboxylic acid groups (broad SMARTS) is 1. The van der Waals surface area contributed by atoms with Crippen LogP contribution in [0.25, 0.3) is 0 Å². The van der Waals surface area contributed by atoms with Gasteiger partial charge in [-0.05, 0) is 6.92 Å². The Bertz CT molecular complexity index is 255. The van der Waals surface area contributed by atoms with E-state index in [1.165, 1.54) is 4.90 Å². The van der Waals surface area contributed by atoms with E-state index in [1.54, 1.807) is 13.8 Å². The highest BCUT2D eigenvalue weighted by molar-refractivity contribution is 5.79. The molecule has 0 fully saturated rings. The van der Waals surface area contributed by atoms with Crippen molar-refractivity contribution in [3.63, 3.8) is 0 Å². The molecule has 1 atom stereocenters. The van der Waals surface area contributed by atoms with Crippen LogP contribution in [0.2, 0.25) is 0 Å². The highest BCUT2D eigenvalue weighted by Crippen LogP contribution is 2.02. The molecule has 0 aromatic carbocycles. The molecular formula is C10H15NO3. The third-order valence-electron chi connectivity index (χ3n) is 1.90. The van der Waals surface area contributed by atoms with E-state index in [9.17, 15) is 9.59 Å². The average Bonchev–Trinajstić information content (AvgIpc) is 2.13. The van der Waals surface area contributed by atoms with Gasteiger partial charge in [0.05, 0.1) is 12.3 Å². The number of hydrogen-bond acceptors (Lipinski definition) is 2. The molecule has 0 spiro atoms. The number of hydrogen-bond donors (Lipinski definition) is 1. The largest absolute Gasteiger partial charge is 0.481 e. The van der Waals surface area contributed by atoms with E-state index in [4.69, 9.17) is 11.5 Å². The number of rotatable bonds is 5. The second kappa shape index (κ2) is 6.03. The lowest BCUT2D eigenvalue weighted by Crippen LogP contribution is -2.36. The zero-order chi connectivity index (χ0) is 11.1. The fourth-order valence-corrected chi connectivity index (χ4v) is 1.02. The summed E-state index contributed by atoms with van der Waals surface area (Å²) in [6.45, 7) is 4.06. The molecule has 0 bridgehead atoms. The Kier molecular flexibility index (Phi) is 5.38. The summed E-state index contributed by atoms with van der Waals surface area (Å²) in [4.78, 5) is 23.3. The van der Waals surface area contributed by atoms with Crippen LogP contribution in [0.1, 0.15) is 20.3 Å². The minimum atomic E-state index is -0.906. The molecule has 1 unspecified atom stereocenters. The second-order valence-electron chi connectivity index (χ2n) is 3.05. The van der Waals surface area contributed by atoms with Gasteiger partial charge in [0.2, 0.25) is 5.91 Å². The summed E-state index contributed by atoms with van der Waals surface area (Å²) in [6, 6.07) is 0. The highest BCUT2D eigenvalue weighted by Gasteiger charge is 2.18. The Labute approximate surface area is 83.9 Å². The summed E-state index contributed by atoms with van der Waals surface area (Å²) in [5.41, 5.74) is 0. The van der Waals surface area contributed by atoms with E-state index < -0.39 is 11.9 Å². The Hall–Kier alpha value is -1.50. The van der Waals surface area contributed by atoms with Crippen molar-refractivity contribution >= 4 is 11.9 Å². The maximum atomic E-state index is 11.3. The lowest BCUT2D eigenvalue weighted by molar-refractivity contribution is -0.142. The Morgan fingerprint density at radius 2 is 2.14 bits per heavy atom. The molecule has 1 amide bonds. The van der Waals surface area contributed by atoms with Gasteiger partial charge in [-0.2, -0.15) is 0 Å². The van der Waals surface area contributed by atoms with Gasteiger partial charge >= 0.3 is 5.97 Å². The maximum absolute atomic E-state index is 11.3. The number of nitrogens with zero attached hydrogens (tertiary/aromatic N) is 1. The van der Waals surface area contributed by atoms with Crippen LogP contribution in [-0.4, -0.2) is 35.0 Å². The topological polar surface area (TPSA) is 57.6 Å². The molecule has 0 aliphatic heterocycles. The summed E-state index contributed by atoms with van der Waals surface area (Å²) in [6.07, 6.45) is 5.03. The van der Waals surface area contributed by atoms with Crippen LogP contribution in [0.3, 0.4) is 0 Å². The summed E-state index contributed by atoms with van der Waals surface area (Å²) in [7, 11) is 0. The van der Waals surface area contributed by atoms with Crippen LogP contribution in [0.4, 0.5) is 0 Å². The molecule has 0 saturated carbocycles. The van der Waals surface area contributed by atoms with Crippen LogP contribution in [-0.2, 0) is 9.59 Å². The number of carbonyl (C=O) groups is 2. The van der Waals surface area contributed by atoms with Crippen molar-refractivity contribution in [1.82, 2.24) is 4.90 Å².